The van der Waals surface area contributed by atoms with Crippen LogP contribution in [-0.2, 0) is 16.9 Å². The molecule has 22 heavy (non-hydrogen) atoms. The van der Waals surface area contributed by atoms with E-state index in [1.807, 2.05) is 6.92 Å². The van der Waals surface area contributed by atoms with Crippen molar-refractivity contribution in [3.05, 3.63) is 47.8 Å². The number of nitrogens with one attached hydrogen (secondary N) is 1. The molecule has 1 amide bonds. The molecule has 1 N–H and O–H groups in total. The molecular weight excluding hydrogens is 302 g/mol. The maximum absolute atomic E-state index is 12.1. The lowest BCUT2D eigenvalue weighted by molar-refractivity contribution is 0.0930. The zero-order valence-corrected chi connectivity index (χ0v) is 13.6. The lowest BCUT2D eigenvalue weighted by Crippen LogP contribution is -2.28. The number of benzene rings is 1. The van der Waals surface area contributed by atoms with E-state index in [-0.39, 0.29) is 17.7 Å². The summed E-state index contributed by atoms with van der Waals surface area (Å²) >= 11 is 0. The molecule has 0 fully saturated rings. The van der Waals surface area contributed by atoms with Crippen molar-refractivity contribution in [2.75, 3.05) is 5.75 Å². The van der Waals surface area contributed by atoms with Crippen LogP contribution < -0.4 is 5.32 Å². The quantitative estimate of drug-likeness (QED) is 0.909. The Bertz CT molecular complexity index is 764. The van der Waals surface area contributed by atoms with Gasteiger partial charge < -0.3 is 5.32 Å². The van der Waals surface area contributed by atoms with Crippen molar-refractivity contribution in [3.63, 3.8) is 0 Å². The highest BCUT2D eigenvalue weighted by atomic mass is 32.2. The van der Waals surface area contributed by atoms with Crippen LogP contribution in [0, 0.1) is 0 Å². The number of carbonyl (C=O) groups excluding carboxylic acids is 1. The number of aromatic nitrogens is 2. The molecule has 1 aromatic carbocycles. The van der Waals surface area contributed by atoms with Crippen LogP contribution in [0.1, 0.15) is 35.9 Å². The molecule has 1 aromatic heterocycles. The molecule has 2 rings (SSSR count). The molecular formula is C15H19N3O3S. The van der Waals surface area contributed by atoms with Crippen molar-refractivity contribution in [2.24, 2.45) is 7.05 Å². The van der Waals surface area contributed by atoms with Gasteiger partial charge in [0, 0.05) is 13.2 Å². The molecule has 0 spiro atoms. The van der Waals surface area contributed by atoms with Gasteiger partial charge in [-0.1, -0.05) is 19.1 Å². The Balaban J connectivity index is 2.12. The maximum Gasteiger partial charge on any atom is 0.270 e. The zero-order valence-electron chi connectivity index (χ0n) is 12.8. The van der Waals surface area contributed by atoms with Crippen LogP contribution in [-0.4, -0.2) is 29.9 Å². The van der Waals surface area contributed by atoms with Gasteiger partial charge in [0.25, 0.3) is 5.91 Å². The number of amides is 1. The monoisotopic (exact) mass is 321 g/mol. The van der Waals surface area contributed by atoms with Gasteiger partial charge in [-0.2, -0.15) is 5.10 Å². The molecule has 1 heterocycles. The lowest BCUT2D eigenvalue weighted by Gasteiger charge is -2.15. The fraction of sp³-hybridized carbons (Fsp3) is 0.333. The standard InChI is InChI=1S/C15H19N3O3S/c1-4-22(20,21)13-7-5-12(6-8-13)11(2)17-15(19)14-9-10-16-18(14)3/h5-11H,4H2,1-3H3,(H,17,19)/t11-/m0/s1. The predicted octanol–water partition coefficient (Wildman–Crippen LogP) is 1.70. The number of carbonyl (C=O) groups is 1. The molecule has 0 radical (unpaired) electrons. The maximum atomic E-state index is 12.1. The van der Waals surface area contributed by atoms with E-state index >= 15 is 0 Å². The molecule has 0 unspecified atom stereocenters. The molecule has 1 atom stereocenters. The molecule has 7 heteroatoms. The summed E-state index contributed by atoms with van der Waals surface area (Å²) in [7, 11) is -1.51. The van der Waals surface area contributed by atoms with Crippen LogP contribution in [0.25, 0.3) is 0 Å². The van der Waals surface area contributed by atoms with E-state index < -0.39 is 9.84 Å². The Kier molecular flexibility index (Phi) is 4.65. The highest BCUT2D eigenvalue weighted by molar-refractivity contribution is 7.91. The fourth-order valence-corrected chi connectivity index (χ4v) is 2.97. The van der Waals surface area contributed by atoms with Crippen molar-refractivity contribution in [1.29, 1.82) is 0 Å². The van der Waals surface area contributed by atoms with E-state index in [1.165, 1.54) is 4.68 Å². The van der Waals surface area contributed by atoms with E-state index in [9.17, 15) is 13.2 Å². The normalized spacial score (nSPS) is 12.9. The van der Waals surface area contributed by atoms with E-state index in [0.29, 0.717) is 10.6 Å². The van der Waals surface area contributed by atoms with Gasteiger partial charge in [0.15, 0.2) is 9.84 Å². The van der Waals surface area contributed by atoms with E-state index in [0.717, 1.165) is 5.56 Å². The molecule has 2 aromatic rings. The van der Waals surface area contributed by atoms with Gasteiger partial charge >= 0.3 is 0 Å². The zero-order chi connectivity index (χ0) is 16.3. The van der Waals surface area contributed by atoms with Crippen LogP contribution in [0.2, 0.25) is 0 Å². The van der Waals surface area contributed by atoms with Crippen molar-refractivity contribution in [3.8, 4) is 0 Å². The highest BCUT2D eigenvalue weighted by Gasteiger charge is 2.16. The summed E-state index contributed by atoms with van der Waals surface area (Å²) < 4.78 is 25.0. The van der Waals surface area contributed by atoms with Gasteiger partial charge in [-0.05, 0) is 30.7 Å². The molecule has 0 saturated carbocycles. The summed E-state index contributed by atoms with van der Waals surface area (Å²) in [6.07, 6.45) is 1.56. The topological polar surface area (TPSA) is 81.1 Å². The van der Waals surface area contributed by atoms with Gasteiger partial charge in [-0.3, -0.25) is 9.48 Å². The second kappa shape index (κ2) is 6.31. The number of aryl methyl sites for hydroxylation is 1. The first-order valence-electron chi connectivity index (χ1n) is 6.96. The Morgan fingerprint density at radius 2 is 1.91 bits per heavy atom. The molecule has 0 saturated heterocycles. The van der Waals surface area contributed by atoms with Gasteiger partial charge in [-0.15, -0.1) is 0 Å². The first kappa shape index (κ1) is 16.2. The molecule has 118 valence electrons. The summed E-state index contributed by atoms with van der Waals surface area (Å²) in [5.74, 6) is -0.156. The van der Waals surface area contributed by atoms with Crippen molar-refractivity contribution >= 4 is 15.7 Å². The average Bonchev–Trinajstić information content (AvgIpc) is 2.93. The van der Waals surface area contributed by atoms with Crippen molar-refractivity contribution in [1.82, 2.24) is 15.1 Å². The van der Waals surface area contributed by atoms with Crippen molar-refractivity contribution < 1.29 is 13.2 Å². The summed E-state index contributed by atoms with van der Waals surface area (Å²) in [5.41, 5.74) is 1.31. The van der Waals surface area contributed by atoms with E-state index in [2.05, 4.69) is 10.4 Å². The van der Waals surface area contributed by atoms with Crippen LogP contribution in [0.3, 0.4) is 0 Å². The SMILES string of the molecule is CCS(=O)(=O)c1ccc([C@H](C)NC(=O)c2ccnn2C)cc1. The molecule has 0 aliphatic heterocycles. The Hall–Kier alpha value is -2.15. The second-order valence-electron chi connectivity index (χ2n) is 5.01. The van der Waals surface area contributed by atoms with Gasteiger partial charge in [0.05, 0.1) is 16.7 Å². The Morgan fingerprint density at radius 1 is 1.27 bits per heavy atom. The van der Waals surface area contributed by atoms with Crippen LogP contribution >= 0.6 is 0 Å². The number of hydrogen-bond donors (Lipinski definition) is 1. The largest absolute Gasteiger partial charge is 0.344 e. The number of hydrogen-bond acceptors (Lipinski definition) is 4. The summed E-state index contributed by atoms with van der Waals surface area (Å²) in [6.45, 7) is 3.46. The first-order valence-corrected chi connectivity index (χ1v) is 8.62. The predicted molar refractivity (Wildman–Crippen MR) is 83.3 cm³/mol. The highest BCUT2D eigenvalue weighted by Crippen LogP contribution is 2.17. The van der Waals surface area contributed by atoms with Gasteiger partial charge in [0.2, 0.25) is 0 Å². The number of rotatable bonds is 5. The van der Waals surface area contributed by atoms with Gasteiger partial charge in [-0.25, -0.2) is 8.42 Å². The third kappa shape index (κ3) is 3.36. The minimum absolute atomic E-state index is 0.0686. The summed E-state index contributed by atoms with van der Waals surface area (Å²) in [4.78, 5) is 12.4. The number of nitrogens with zero attached hydrogens (tertiary/aromatic N) is 2. The molecule has 6 nitrogen and oxygen atoms in total. The summed E-state index contributed by atoms with van der Waals surface area (Å²) in [6, 6.07) is 7.98. The minimum atomic E-state index is -3.20. The number of sulfone groups is 1. The van der Waals surface area contributed by atoms with Crippen LogP contribution in [0.5, 0.6) is 0 Å². The summed E-state index contributed by atoms with van der Waals surface area (Å²) in [5, 5.41) is 6.82. The van der Waals surface area contributed by atoms with Crippen LogP contribution in [0.15, 0.2) is 41.4 Å². The average molecular weight is 321 g/mol. The Labute approximate surface area is 130 Å². The Morgan fingerprint density at radius 3 is 2.41 bits per heavy atom. The molecule has 0 aliphatic carbocycles. The lowest BCUT2D eigenvalue weighted by atomic mass is 10.1. The minimum Gasteiger partial charge on any atom is -0.344 e. The molecule has 0 aliphatic rings. The fourth-order valence-electron chi connectivity index (χ4n) is 2.08. The third-order valence-electron chi connectivity index (χ3n) is 3.52. The second-order valence-corrected chi connectivity index (χ2v) is 7.29. The third-order valence-corrected chi connectivity index (χ3v) is 5.27. The van der Waals surface area contributed by atoms with Crippen LogP contribution in [0.4, 0.5) is 0 Å². The van der Waals surface area contributed by atoms with Gasteiger partial charge in [0.1, 0.15) is 5.69 Å². The first-order chi connectivity index (χ1) is 10.3. The smallest absolute Gasteiger partial charge is 0.270 e. The molecule has 0 bridgehead atoms. The van der Waals surface area contributed by atoms with E-state index in [1.54, 1.807) is 50.5 Å². The van der Waals surface area contributed by atoms with Crippen molar-refractivity contribution in [2.45, 2.75) is 24.8 Å². The van der Waals surface area contributed by atoms with E-state index in [4.69, 9.17) is 0 Å².